The zero-order chi connectivity index (χ0) is 26.3. The van der Waals surface area contributed by atoms with Crippen molar-refractivity contribution < 1.29 is 31.3 Å². The van der Waals surface area contributed by atoms with Gasteiger partial charge in [0.05, 0.1) is 13.2 Å². The molecule has 6 heteroatoms. The van der Waals surface area contributed by atoms with Gasteiger partial charge >= 0.3 is 17.1 Å². The minimum Gasteiger partial charge on any atom is -0.497 e. The maximum Gasteiger partial charge on any atom is 2.00 e. The Hall–Kier alpha value is -2.40. The number of para-hydroxylation sites is 1. The normalized spacial score (nSPS) is 21.0. The van der Waals surface area contributed by atoms with Crippen LogP contribution in [0.4, 0.5) is 5.69 Å². The van der Waals surface area contributed by atoms with Gasteiger partial charge in [0.2, 0.25) is 0 Å². The summed E-state index contributed by atoms with van der Waals surface area (Å²) < 4.78 is 11.5. The Morgan fingerprint density at radius 3 is 2.00 bits per heavy atom. The van der Waals surface area contributed by atoms with E-state index >= 15 is 0 Å². The van der Waals surface area contributed by atoms with Gasteiger partial charge in [-0.05, 0) is 107 Å². The number of nitrogens with zero attached hydrogens (tertiary/aromatic N) is 1. The van der Waals surface area contributed by atoms with Crippen LogP contribution in [0, 0.1) is 69.5 Å². The minimum atomic E-state index is -0.589. The van der Waals surface area contributed by atoms with Gasteiger partial charge in [-0.2, -0.15) is 0 Å². The van der Waals surface area contributed by atoms with Crippen LogP contribution in [0.25, 0.3) is 0 Å². The van der Waals surface area contributed by atoms with E-state index in [2.05, 4.69) is 44.0 Å². The van der Waals surface area contributed by atoms with Gasteiger partial charge in [-0.25, -0.2) is 0 Å². The smallest absolute Gasteiger partial charge is 0.497 e. The second kappa shape index (κ2) is 14.3. The first kappa shape index (κ1) is 29.6. The molecule has 0 spiro atoms. The Kier molecular flexibility index (Phi) is 10.8. The van der Waals surface area contributed by atoms with E-state index in [-0.39, 0.29) is 29.0 Å². The molecule has 2 saturated carbocycles. The van der Waals surface area contributed by atoms with Gasteiger partial charge < -0.3 is 14.4 Å². The van der Waals surface area contributed by atoms with Crippen molar-refractivity contribution in [3.05, 3.63) is 147 Å². The molecule has 4 nitrogen and oxygen atoms in total. The summed E-state index contributed by atoms with van der Waals surface area (Å²) >= 11 is 1.71. The molecule has 2 atom stereocenters. The van der Waals surface area contributed by atoms with Crippen LogP contribution in [0.1, 0.15) is 5.56 Å². The molecule has 2 aliphatic carbocycles. The maximum absolute atomic E-state index is 13.3. The second-order valence-electron chi connectivity index (χ2n) is 8.93. The summed E-state index contributed by atoms with van der Waals surface area (Å²) in [5, 5.41) is 1.12. The largest absolute Gasteiger partial charge is 2.00 e. The number of methoxy groups -OCH3 is 1. The second-order valence-corrected chi connectivity index (χ2v) is 10.0. The van der Waals surface area contributed by atoms with Crippen molar-refractivity contribution in [1.29, 1.82) is 0 Å². The van der Waals surface area contributed by atoms with E-state index in [1.807, 2.05) is 98.0 Å². The zero-order valence-corrected chi connectivity index (χ0v) is 23.6. The molecule has 0 N–H and O–H groups in total. The number of thioether (sulfide) groups is 1. The van der Waals surface area contributed by atoms with Crippen molar-refractivity contribution in [2.45, 2.75) is 24.0 Å². The summed E-state index contributed by atoms with van der Waals surface area (Å²) in [6.07, 6.45) is 15.6. The van der Waals surface area contributed by atoms with Crippen molar-refractivity contribution in [3.63, 3.8) is 0 Å². The van der Waals surface area contributed by atoms with Gasteiger partial charge in [-0.15, -0.1) is 11.8 Å². The first-order chi connectivity index (χ1) is 18.6. The first-order valence-corrected chi connectivity index (χ1v) is 13.3. The summed E-state index contributed by atoms with van der Waals surface area (Å²) in [4.78, 5) is 16.3. The maximum atomic E-state index is 13.3. The van der Waals surface area contributed by atoms with Gasteiger partial charge in [0.1, 0.15) is 11.5 Å². The standard InChI is InChI=1S/C28H24NO3S.C5H5.Fe/c1-19-11-17-23(18-12-19)33-25-10-6-9-24(25)26-27(32-22-7-4-3-5-8-22)28(30)29(26)20-13-15-21(31-2)16-14-20;1-2-4-5-3-1;/h3-18,26-27H,1-2H3;1-5H;/q;;+2/t26-,27+;;/m1../s1. The fourth-order valence-electron chi connectivity index (χ4n) is 4.36. The van der Waals surface area contributed by atoms with Crippen LogP contribution in [-0.4, -0.2) is 25.2 Å². The number of amides is 1. The molecule has 10 radical (unpaired) electrons. The number of β-lactam (4-membered cyclic amide) rings is 1. The number of carbonyl (C=O) groups excluding carboxylic acids is 1. The van der Waals surface area contributed by atoms with Crippen LogP contribution in [0.2, 0.25) is 0 Å². The summed E-state index contributed by atoms with van der Waals surface area (Å²) in [5.74, 6) is 2.47. The zero-order valence-electron chi connectivity index (χ0n) is 21.7. The Bertz CT molecular complexity index is 1160. The fourth-order valence-corrected chi connectivity index (χ4v) is 5.34. The quantitative estimate of drug-likeness (QED) is 0.232. The van der Waals surface area contributed by atoms with E-state index < -0.39 is 6.10 Å². The Morgan fingerprint density at radius 1 is 0.744 bits per heavy atom. The van der Waals surface area contributed by atoms with Crippen molar-refractivity contribution in [3.8, 4) is 11.5 Å². The third-order valence-corrected chi connectivity index (χ3v) is 7.43. The SMILES string of the molecule is COc1ccc(N2C(=O)[C@@H](Oc3ccccc3)[C@H]2[C]2[CH][CH][CH][C]2Sc2ccc(C)cc2)cc1.[CH]1[CH][CH][CH][CH]1.[Fe+2]. The molecular weight excluding hydrogens is 546 g/mol. The Labute approximate surface area is 248 Å². The molecule has 0 bridgehead atoms. The van der Waals surface area contributed by atoms with Crippen LogP contribution in [0.5, 0.6) is 11.5 Å². The molecule has 3 aliphatic rings. The number of ether oxygens (including phenoxy) is 2. The Balaban J connectivity index is 0.000000530. The molecule has 1 heterocycles. The monoisotopic (exact) mass is 575 g/mol. The number of rotatable bonds is 7. The van der Waals surface area contributed by atoms with E-state index in [4.69, 9.17) is 9.47 Å². The van der Waals surface area contributed by atoms with E-state index in [9.17, 15) is 4.79 Å². The van der Waals surface area contributed by atoms with Crippen LogP contribution >= 0.6 is 11.8 Å². The third-order valence-electron chi connectivity index (χ3n) is 6.33. The third kappa shape index (κ3) is 7.22. The number of hydrogen-bond donors (Lipinski definition) is 0. The molecule has 196 valence electrons. The van der Waals surface area contributed by atoms with E-state index in [0.29, 0.717) is 5.75 Å². The molecule has 0 aromatic heterocycles. The van der Waals surface area contributed by atoms with E-state index in [1.54, 1.807) is 18.9 Å². The average Bonchev–Trinajstić information content (AvgIpc) is 3.68. The number of hydrogen-bond acceptors (Lipinski definition) is 4. The Morgan fingerprint density at radius 2 is 1.38 bits per heavy atom. The molecule has 3 fully saturated rings. The summed E-state index contributed by atoms with van der Waals surface area (Å²) in [6.45, 7) is 2.08. The summed E-state index contributed by atoms with van der Waals surface area (Å²) in [7, 11) is 1.63. The van der Waals surface area contributed by atoms with Crippen molar-refractivity contribution >= 4 is 23.4 Å². The average molecular weight is 576 g/mol. The predicted octanol–water partition coefficient (Wildman–Crippen LogP) is 6.71. The van der Waals surface area contributed by atoms with Crippen molar-refractivity contribution in [2.75, 3.05) is 12.0 Å². The molecule has 1 saturated heterocycles. The van der Waals surface area contributed by atoms with Crippen LogP contribution in [0.15, 0.2) is 83.8 Å². The number of anilines is 1. The molecule has 0 unspecified atom stereocenters. The van der Waals surface area contributed by atoms with E-state index in [1.165, 1.54) is 5.56 Å². The topological polar surface area (TPSA) is 38.8 Å². The molecule has 39 heavy (non-hydrogen) atoms. The predicted molar refractivity (Wildman–Crippen MR) is 153 cm³/mol. The molecule has 3 aromatic rings. The van der Waals surface area contributed by atoms with Gasteiger partial charge in [-0.3, -0.25) is 4.79 Å². The van der Waals surface area contributed by atoms with Crippen molar-refractivity contribution in [1.82, 2.24) is 0 Å². The van der Waals surface area contributed by atoms with E-state index in [0.717, 1.165) is 27.5 Å². The number of carbonyl (C=O) groups is 1. The number of aryl methyl sites for hydroxylation is 1. The van der Waals surface area contributed by atoms with Gasteiger partial charge in [0.15, 0.2) is 6.10 Å². The van der Waals surface area contributed by atoms with Crippen LogP contribution < -0.4 is 14.4 Å². The van der Waals surface area contributed by atoms with Gasteiger partial charge in [0, 0.05) is 21.8 Å². The van der Waals surface area contributed by atoms with Gasteiger partial charge in [0.25, 0.3) is 5.91 Å². The fraction of sp³-hybridized carbons (Fsp3) is 0.121. The molecule has 6 rings (SSSR count). The van der Waals surface area contributed by atoms with Gasteiger partial charge in [-0.1, -0.05) is 35.9 Å². The number of benzene rings is 3. The molecule has 1 amide bonds. The minimum absolute atomic E-state index is 0. The molecule has 3 aromatic carbocycles. The van der Waals surface area contributed by atoms with Crippen LogP contribution in [-0.2, 0) is 21.9 Å². The summed E-state index contributed by atoms with van der Waals surface area (Å²) in [6, 6.07) is 25.4. The van der Waals surface area contributed by atoms with Crippen molar-refractivity contribution in [2.24, 2.45) is 0 Å². The molecule has 1 aliphatic heterocycles. The molecular formula is C33H29FeNO3S+2. The summed E-state index contributed by atoms with van der Waals surface area (Å²) in [5.41, 5.74) is 2.06. The first-order valence-electron chi connectivity index (χ1n) is 12.5. The van der Waals surface area contributed by atoms with Crippen LogP contribution in [0.3, 0.4) is 0 Å².